The standard InChI is InChI=1S/C14H28N2/c1-12(2)11-13(15)14(16(3)4)9-7-5-6-8-10-14/h11,13H,5-10,15H2,1-4H3. The van der Waals surface area contributed by atoms with Gasteiger partial charge in [-0.25, -0.2) is 0 Å². The van der Waals surface area contributed by atoms with E-state index >= 15 is 0 Å². The number of likely N-dealkylation sites (N-methyl/N-ethyl adjacent to an activating group) is 1. The molecule has 2 nitrogen and oxygen atoms in total. The zero-order valence-electron chi connectivity index (χ0n) is 11.4. The van der Waals surface area contributed by atoms with Gasteiger partial charge in [0.25, 0.3) is 0 Å². The minimum absolute atomic E-state index is 0.172. The van der Waals surface area contributed by atoms with E-state index in [4.69, 9.17) is 5.73 Å². The Kier molecular flexibility index (Phi) is 5.00. The Labute approximate surface area is 101 Å². The summed E-state index contributed by atoms with van der Waals surface area (Å²) in [5, 5.41) is 0. The van der Waals surface area contributed by atoms with E-state index < -0.39 is 0 Å². The fourth-order valence-corrected chi connectivity index (χ4v) is 2.93. The summed E-state index contributed by atoms with van der Waals surface area (Å²) < 4.78 is 0. The molecule has 0 aromatic rings. The highest BCUT2D eigenvalue weighted by atomic mass is 15.2. The molecule has 0 bridgehead atoms. The highest BCUT2D eigenvalue weighted by Gasteiger charge is 2.37. The molecular formula is C14H28N2. The predicted octanol–water partition coefficient (Wildman–Crippen LogP) is 2.93. The summed E-state index contributed by atoms with van der Waals surface area (Å²) in [6.45, 7) is 4.28. The average Bonchev–Trinajstić information content (AvgIpc) is 2.42. The van der Waals surface area contributed by atoms with Crippen molar-refractivity contribution in [2.45, 2.75) is 64.0 Å². The second-order valence-electron chi connectivity index (χ2n) is 5.68. The molecule has 1 atom stereocenters. The quantitative estimate of drug-likeness (QED) is 0.590. The minimum Gasteiger partial charge on any atom is -0.323 e. The molecule has 0 aromatic heterocycles. The first-order chi connectivity index (χ1) is 7.49. The third kappa shape index (κ3) is 3.08. The molecule has 1 fully saturated rings. The van der Waals surface area contributed by atoms with Crippen molar-refractivity contribution in [2.75, 3.05) is 14.1 Å². The number of nitrogens with two attached hydrogens (primary N) is 1. The van der Waals surface area contributed by atoms with E-state index in [0.717, 1.165) is 0 Å². The lowest BCUT2D eigenvalue weighted by molar-refractivity contribution is 0.113. The Morgan fingerprint density at radius 3 is 2.00 bits per heavy atom. The summed E-state index contributed by atoms with van der Waals surface area (Å²) in [7, 11) is 4.37. The van der Waals surface area contributed by atoms with Crippen molar-refractivity contribution in [3.05, 3.63) is 11.6 Å². The fraction of sp³-hybridized carbons (Fsp3) is 0.857. The maximum atomic E-state index is 6.44. The van der Waals surface area contributed by atoms with Gasteiger partial charge in [0.2, 0.25) is 0 Å². The van der Waals surface area contributed by atoms with Crippen LogP contribution in [0.15, 0.2) is 11.6 Å². The summed E-state index contributed by atoms with van der Waals surface area (Å²) in [6, 6.07) is 0.172. The summed E-state index contributed by atoms with van der Waals surface area (Å²) in [6.07, 6.45) is 10.1. The van der Waals surface area contributed by atoms with Gasteiger partial charge in [0.1, 0.15) is 0 Å². The van der Waals surface area contributed by atoms with Gasteiger partial charge in [0, 0.05) is 11.6 Å². The summed E-state index contributed by atoms with van der Waals surface area (Å²) in [4.78, 5) is 2.36. The van der Waals surface area contributed by atoms with Crippen LogP contribution in [0.4, 0.5) is 0 Å². The Morgan fingerprint density at radius 1 is 1.12 bits per heavy atom. The second-order valence-corrected chi connectivity index (χ2v) is 5.68. The van der Waals surface area contributed by atoms with Gasteiger partial charge in [-0.1, -0.05) is 37.3 Å². The molecule has 16 heavy (non-hydrogen) atoms. The fourth-order valence-electron chi connectivity index (χ4n) is 2.93. The number of hydrogen-bond acceptors (Lipinski definition) is 2. The van der Waals surface area contributed by atoms with Crippen molar-refractivity contribution in [1.29, 1.82) is 0 Å². The van der Waals surface area contributed by atoms with Crippen LogP contribution >= 0.6 is 0 Å². The van der Waals surface area contributed by atoms with E-state index in [-0.39, 0.29) is 11.6 Å². The molecule has 1 rings (SSSR count). The molecule has 0 radical (unpaired) electrons. The summed E-state index contributed by atoms with van der Waals surface area (Å²) >= 11 is 0. The molecule has 1 aliphatic rings. The van der Waals surface area contributed by atoms with Crippen molar-refractivity contribution in [2.24, 2.45) is 5.73 Å². The molecule has 0 aromatic carbocycles. The maximum Gasteiger partial charge on any atom is 0.0413 e. The molecule has 94 valence electrons. The Bertz CT molecular complexity index is 231. The van der Waals surface area contributed by atoms with E-state index in [9.17, 15) is 0 Å². The normalized spacial score (nSPS) is 22.6. The molecule has 0 saturated heterocycles. The first-order valence-corrected chi connectivity index (χ1v) is 6.57. The first kappa shape index (κ1) is 13.7. The van der Waals surface area contributed by atoms with Gasteiger partial charge < -0.3 is 10.6 Å². The average molecular weight is 224 g/mol. The minimum atomic E-state index is 0.172. The van der Waals surface area contributed by atoms with Crippen LogP contribution in [0.2, 0.25) is 0 Å². The summed E-state index contributed by atoms with van der Waals surface area (Å²) in [5.41, 5.74) is 7.96. The number of allylic oxidation sites excluding steroid dienone is 1. The van der Waals surface area contributed by atoms with Gasteiger partial charge in [0.15, 0.2) is 0 Å². The lowest BCUT2D eigenvalue weighted by Gasteiger charge is -2.43. The second kappa shape index (κ2) is 5.83. The molecule has 1 unspecified atom stereocenters. The largest absolute Gasteiger partial charge is 0.323 e. The molecule has 0 amide bonds. The van der Waals surface area contributed by atoms with Crippen molar-refractivity contribution in [1.82, 2.24) is 4.90 Å². The van der Waals surface area contributed by atoms with Gasteiger partial charge >= 0.3 is 0 Å². The third-order valence-corrected chi connectivity index (χ3v) is 3.99. The number of nitrogens with zero attached hydrogens (tertiary/aromatic N) is 1. The van der Waals surface area contributed by atoms with E-state index in [1.807, 2.05) is 0 Å². The maximum absolute atomic E-state index is 6.44. The van der Waals surface area contributed by atoms with Crippen molar-refractivity contribution in [3.63, 3.8) is 0 Å². The topological polar surface area (TPSA) is 29.3 Å². The molecule has 2 N–H and O–H groups in total. The van der Waals surface area contributed by atoms with Crippen LogP contribution in [-0.4, -0.2) is 30.6 Å². The summed E-state index contributed by atoms with van der Waals surface area (Å²) in [5.74, 6) is 0. The van der Waals surface area contributed by atoms with Crippen LogP contribution in [0.25, 0.3) is 0 Å². The predicted molar refractivity (Wildman–Crippen MR) is 71.5 cm³/mol. The van der Waals surface area contributed by atoms with Crippen molar-refractivity contribution in [3.8, 4) is 0 Å². The van der Waals surface area contributed by atoms with Crippen LogP contribution in [0.5, 0.6) is 0 Å². The van der Waals surface area contributed by atoms with E-state index in [1.54, 1.807) is 0 Å². The Hall–Kier alpha value is -0.340. The SMILES string of the molecule is CC(C)=CC(N)C1(N(C)C)CCCCCC1. The number of rotatable bonds is 3. The first-order valence-electron chi connectivity index (χ1n) is 6.57. The lowest BCUT2D eigenvalue weighted by atomic mass is 9.81. The van der Waals surface area contributed by atoms with Gasteiger partial charge in [-0.05, 0) is 40.8 Å². The van der Waals surface area contributed by atoms with Crippen LogP contribution < -0.4 is 5.73 Å². The smallest absolute Gasteiger partial charge is 0.0413 e. The molecule has 1 aliphatic carbocycles. The van der Waals surface area contributed by atoms with Gasteiger partial charge in [0.05, 0.1) is 0 Å². The van der Waals surface area contributed by atoms with Gasteiger partial charge in [-0.15, -0.1) is 0 Å². The Balaban J connectivity index is 2.89. The highest BCUT2D eigenvalue weighted by Crippen LogP contribution is 2.34. The van der Waals surface area contributed by atoms with Crippen LogP contribution in [0.1, 0.15) is 52.4 Å². The van der Waals surface area contributed by atoms with E-state index in [2.05, 4.69) is 38.9 Å². The zero-order chi connectivity index (χ0) is 12.2. The van der Waals surface area contributed by atoms with E-state index in [1.165, 1.54) is 44.1 Å². The third-order valence-electron chi connectivity index (χ3n) is 3.99. The molecule has 0 heterocycles. The number of hydrogen-bond donors (Lipinski definition) is 1. The van der Waals surface area contributed by atoms with Crippen LogP contribution in [0.3, 0.4) is 0 Å². The zero-order valence-corrected chi connectivity index (χ0v) is 11.4. The van der Waals surface area contributed by atoms with Crippen LogP contribution in [0, 0.1) is 0 Å². The molecule has 2 heteroatoms. The molecule has 1 saturated carbocycles. The molecule has 0 spiro atoms. The molecule has 0 aliphatic heterocycles. The van der Waals surface area contributed by atoms with E-state index in [0.29, 0.717) is 0 Å². The Morgan fingerprint density at radius 2 is 1.62 bits per heavy atom. The monoisotopic (exact) mass is 224 g/mol. The van der Waals surface area contributed by atoms with Gasteiger partial charge in [-0.3, -0.25) is 0 Å². The molecular weight excluding hydrogens is 196 g/mol. The van der Waals surface area contributed by atoms with Crippen molar-refractivity contribution >= 4 is 0 Å². The van der Waals surface area contributed by atoms with Crippen molar-refractivity contribution < 1.29 is 0 Å². The van der Waals surface area contributed by atoms with Crippen LogP contribution in [-0.2, 0) is 0 Å². The van der Waals surface area contributed by atoms with Gasteiger partial charge in [-0.2, -0.15) is 0 Å². The lowest BCUT2D eigenvalue weighted by Crippen LogP contribution is -2.56. The highest BCUT2D eigenvalue weighted by molar-refractivity contribution is 5.11.